The average molecular weight is 237 g/mol. The number of aryl methyl sites for hydroxylation is 1. The molecule has 2 atom stereocenters. The first-order valence-corrected chi connectivity index (χ1v) is 5.99. The van der Waals surface area contributed by atoms with Crippen LogP contribution >= 0.6 is 0 Å². The molecular weight excluding hydrogens is 218 g/mol. The number of rotatable bonds is 2. The Balaban J connectivity index is 2.25. The Bertz CT molecular complexity index is 467. The summed E-state index contributed by atoms with van der Waals surface area (Å²) in [6, 6.07) is 0. The van der Waals surface area contributed by atoms with Crippen molar-refractivity contribution in [1.29, 1.82) is 0 Å². The lowest BCUT2D eigenvalue weighted by Crippen LogP contribution is -2.28. The summed E-state index contributed by atoms with van der Waals surface area (Å²) in [7, 11) is 0. The van der Waals surface area contributed by atoms with Crippen LogP contribution in [0.5, 0.6) is 0 Å². The highest BCUT2D eigenvalue weighted by atomic mass is 16.5. The number of nitrogens with two attached hydrogens (primary N) is 1. The lowest BCUT2D eigenvalue weighted by atomic mass is 10.1. The molecule has 5 nitrogen and oxygen atoms in total. The molecule has 0 aliphatic carbocycles. The number of ether oxygens (including phenoxy) is 1. The number of hydrogen-bond donors (Lipinski definition) is 1. The van der Waals surface area contributed by atoms with Crippen LogP contribution in [-0.4, -0.2) is 15.7 Å². The van der Waals surface area contributed by atoms with E-state index in [0.717, 1.165) is 18.4 Å². The van der Waals surface area contributed by atoms with Gasteiger partial charge >= 0.3 is 5.69 Å². The van der Waals surface area contributed by atoms with Gasteiger partial charge in [-0.1, -0.05) is 13.8 Å². The van der Waals surface area contributed by atoms with Gasteiger partial charge in [0.2, 0.25) is 0 Å². The molecule has 0 amide bonds. The summed E-state index contributed by atoms with van der Waals surface area (Å²) in [5.41, 5.74) is 6.07. The Kier molecular flexibility index (Phi) is 3.19. The van der Waals surface area contributed by atoms with Crippen LogP contribution in [0, 0.1) is 12.8 Å². The molecule has 0 bridgehead atoms. The van der Waals surface area contributed by atoms with Crippen molar-refractivity contribution in [2.75, 3.05) is 5.73 Å². The lowest BCUT2D eigenvalue weighted by molar-refractivity contribution is -0.0208. The molecule has 0 spiro atoms. The van der Waals surface area contributed by atoms with E-state index in [4.69, 9.17) is 10.5 Å². The molecule has 1 aliphatic heterocycles. The highest BCUT2D eigenvalue weighted by molar-refractivity contribution is 5.35. The SMILES string of the molecule is Cc1cn(C2CCC(C(C)C)O2)c(=O)nc1N. The summed E-state index contributed by atoms with van der Waals surface area (Å²) < 4.78 is 7.42. The zero-order valence-electron chi connectivity index (χ0n) is 10.5. The molecule has 1 aliphatic rings. The second kappa shape index (κ2) is 4.49. The van der Waals surface area contributed by atoms with E-state index in [1.807, 2.05) is 6.92 Å². The van der Waals surface area contributed by atoms with Gasteiger partial charge in [0.1, 0.15) is 12.0 Å². The molecule has 2 N–H and O–H groups in total. The van der Waals surface area contributed by atoms with Gasteiger partial charge in [0, 0.05) is 11.8 Å². The van der Waals surface area contributed by atoms with Gasteiger partial charge in [-0.3, -0.25) is 4.57 Å². The second-order valence-corrected chi connectivity index (χ2v) is 4.95. The second-order valence-electron chi connectivity index (χ2n) is 4.95. The van der Waals surface area contributed by atoms with Crippen LogP contribution in [0.3, 0.4) is 0 Å². The molecule has 2 rings (SSSR count). The maximum absolute atomic E-state index is 11.7. The lowest BCUT2D eigenvalue weighted by Gasteiger charge is -2.18. The Morgan fingerprint density at radius 3 is 2.82 bits per heavy atom. The highest BCUT2D eigenvalue weighted by Crippen LogP contribution is 2.31. The van der Waals surface area contributed by atoms with Crippen LogP contribution in [0.1, 0.15) is 38.5 Å². The van der Waals surface area contributed by atoms with Crippen molar-refractivity contribution in [1.82, 2.24) is 9.55 Å². The number of nitrogens with zero attached hydrogens (tertiary/aromatic N) is 2. The Morgan fingerprint density at radius 2 is 2.24 bits per heavy atom. The molecule has 5 heteroatoms. The molecule has 2 unspecified atom stereocenters. The van der Waals surface area contributed by atoms with E-state index >= 15 is 0 Å². The minimum absolute atomic E-state index is 0.193. The molecule has 1 aromatic rings. The minimum atomic E-state index is -0.331. The van der Waals surface area contributed by atoms with Gasteiger partial charge in [-0.15, -0.1) is 0 Å². The van der Waals surface area contributed by atoms with Gasteiger partial charge < -0.3 is 10.5 Å². The first kappa shape index (κ1) is 12.1. The van der Waals surface area contributed by atoms with Gasteiger partial charge in [0.05, 0.1) is 6.10 Å². The third-order valence-electron chi connectivity index (χ3n) is 3.26. The van der Waals surface area contributed by atoms with Crippen molar-refractivity contribution in [3.63, 3.8) is 0 Å². The zero-order chi connectivity index (χ0) is 12.6. The minimum Gasteiger partial charge on any atom is -0.383 e. The van der Waals surface area contributed by atoms with E-state index in [-0.39, 0.29) is 18.0 Å². The summed E-state index contributed by atoms with van der Waals surface area (Å²) in [4.78, 5) is 15.5. The first-order chi connectivity index (χ1) is 7.99. The zero-order valence-corrected chi connectivity index (χ0v) is 10.5. The molecule has 0 saturated carbocycles. The quantitative estimate of drug-likeness (QED) is 0.845. The molecular formula is C12H19N3O2. The molecule has 1 fully saturated rings. The highest BCUT2D eigenvalue weighted by Gasteiger charge is 2.29. The predicted octanol–water partition coefficient (Wildman–Crippen LogP) is 1.47. The number of nitrogen functional groups attached to an aromatic ring is 1. The molecule has 2 heterocycles. The number of anilines is 1. The van der Waals surface area contributed by atoms with E-state index in [9.17, 15) is 4.79 Å². The normalized spacial score (nSPS) is 24.5. The average Bonchev–Trinajstić information content (AvgIpc) is 2.72. The van der Waals surface area contributed by atoms with Gasteiger partial charge in [-0.2, -0.15) is 4.98 Å². The van der Waals surface area contributed by atoms with E-state index in [0.29, 0.717) is 11.7 Å². The standard InChI is InChI=1S/C12H19N3O2/c1-7(2)9-4-5-10(17-9)15-6-8(3)11(13)14-12(15)16/h6-7,9-10H,4-5H2,1-3H3,(H2,13,14,16). The number of aromatic nitrogens is 2. The Hall–Kier alpha value is -1.36. The maximum Gasteiger partial charge on any atom is 0.351 e. The van der Waals surface area contributed by atoms with Crippen molar-refractivity contribution in [2.45, 2.75) is 45.9 Å². The van der Waals surface area contributed by atoms with Gasteiger partial charge in [0.15, 0.2) is 0 Å². The third kappa shape index (κ3) is 2.34. The maximum atomic E-state index is 11.7. The van der Waals surface area contributed by atoms with Crippen LogP contribution < -0.4 is 11.4 Å². The van der Waals surface area contributed by atoms with Crippen LogP contribution in [0.4, 0.5) is 5.82 Å². The molecule has 94 valence electrons. The number of hydrogen-bond acceptors (Lipinski definition) is 4. The molecule has 1 saturated heterocycles. The fourth-order valence-corrected chi connectivity index (χ4v) is 2.13. The van der Waals surface area contributed by atoms with Crippen molar-refractivity contribution in [3.05, 3.63) is 22.2 Å². The summed E-state index contributed by atoms with van der Waals surface area (Å²) in [6.07, 6.45) is 3.61. The summed E-state index contributed by atoms with van der Waals surface area (Å²) in [6.45, 7) is 6.09. The largest absolute Gasteiger partial charge is 0.383 e. The Morgan fingerprint density at radius 1 is 1.53 bits per heavy atom. The van der Waals surface area contributed by atoms with Gasteiger partial charge in [-0.05, 0) is 25.7 Å². The summed E-state index contributed by atoms with van der Waals surface area (Å²) in [5, 5.41) is 0. The monoisotopic (exact) mass is 237 g/mol. The first-order valence-electron chi connectivity index (χ1n) is 5.99. The van der Waals surface area contributed by atoms with Crippen molar-refractivity contribution in [3.8, 4) is 0 Å². The van der Waals surface area contributed by atoms with E-state index < -0.39 is 0 Å². The smallest absolute Gasteiger partial charge is 0.351 e. The predicted molar refractivity (Wildman–Crippen MR) is 65.6 cm³/mol. The van der Waals surface area contributed by atoms with Crippen LogP contribution in [0.2, 0.25) is 0 Å². The fourth-order valence-electron chi connectivity index (χ4n) is 2.13. The van der Waals surface area contributed by atoms with Crippen LogP contribution in [0.15, 0.2) is 11.0 Å². The molecule has 0 aromatic carbocycles. The fraction of sp³-hybridized carbons (Fsp3) is 0.667. The van der Waals surface area contributed by atoms with Crippen LogP contribution in [0.25, 0.3) is 0 Å². The summed E-state index contributed by atoms with van der Waals surface area (Å²) in [5.74, 6) is 0.767. The van der Waals surface area contributed by atoms with E-state index in [1.165, 1.54) is 0 Å². The molecule has 17 heavy (non-hydrogen) atoms. The van der Waals surface area contributed by atoms with Crippen molar-refractivity contribution < 1.29 is 4.74 Å². The van der Waals surface area contributed by atoms with Gasteiger partial charge in [-0.25, -0.2) is 4.79 Å². The van der Waals surface area contributed by atoms with Gasteiger partial charge in [0.25, 0.3) is 0 Å². The van der Waals surface area contributed by atoms with E-state index in [2.05, 4.69) is 18.8 Å². The van der Waals surface area contributed by atoms with Crippen LogP contribution in [-0.2, 0) is 4.74 Å². The topological polar surface area (TPSA) is 70.1 Å². The molecule has 1 aromatic heterocycles. The third-order valence-corrected chi connectivity index (χ3v) is 3.26. The van der Waals surface area contributed by atoms with E-state index in [1.54, 1.807) is 10.8 Å². The summed E-state index contributed by atoms with van der Waals surface area (Å²) >= 11 is 0. The van der Waals surface area contributed by atoms with Crippen molar-refractivity contribution in [2.24, 2.45) is 5.92 Å². The van der Waals surface area contributed by atoms with Crippen molar-refractivity contribution >= 4 is 5.82 Å². The molecule has 0 radical (unpaired) electrons. The Labute approximate surface area is 101 Å².